The number of nitrogens with one attached hydrogen (secondary N) is 3. The van der Waals surface area contributed by atoms with E-state index < -0.39 is 23.8 Å². The number of hydrogen-bond acceptors (Lipinski definition) is 8. The molecule has 0 saturated carbocycles. The van der Waals surface area contributed by atoms with Gasteiger partial charge in [0.15, 0.2) is 0 Å². The smallest absolute Gasteiger partial charge is 0.408 e. The number of benzene rings is 2. The first-order valence-electron chi connectivity index (χ1n) is 12.6. The number of carbonyl (C=O) groups is 2. The van der Waals surface area contributed by atoms with E-state index in [1.807, 2.05) is 48.5 Å². The van der Waals surface area contributed by atoms with Gasteiger partial charge in [-0.2, -0.15) is 4.98 Å². The molecule has 4 rings (SSSR count). The van der Waals surface area contributed by atoms with Crippen molar-refractivity contribution in [2.75, 3.05) is 10.6 Å². The number of nitrogens with zero attached hydrogens (tertiary/aromatic N) is 3. The lowest BCUT2D eigenvalue weighted by Crippen LogP contribution is -2.45. The number of amides is 1. The van der Waals surface area contributed by atoms with Crippen molar-refractivity contribution in [3.05, 3.63) is 118 Å². The van der Waals surface area contributed by atoms with Crippen LogP contribution in [0.3, 0.4) is 0 Å². The summed E-state index contributed by atoms with van der Waals surface area (Å²) in [4.78, 5) is 44.9. The standard InChI is InChI=1S/C29H30N6O5/c1-20-17-35(18-24(27(36)37)33-29(39)40-19-23-7-3-2-4-8-23)28(38)34-26(20)32-16-22-12-10-21(11-13-22)15-31-25-9-5-6-14-30-25/h2-14,17,24H,15-16,18-19H2,1H3,(H,30,31)(H,33,39)(H,36,37)(H,32,34,38)/t24-/m0/s1. The van der Waals surface area contributed by atoms with Crippen LogP contribution in [0.2, 0.25) is 0 Å². The first-order chi connectivity index (χ1) is 19.4. The van der Waals surface area contributed by atoms with Gasteiger partial charge in [0.2, 0.25) is 0 Å². The Kier molecular flexibility index (Phi) is 9.44. The molecular weight excluding hydrogens is 512 g/mol. The second-order valence-electron chi connectivity index (χ2n) is 9.04. The summed E-state index contributed by atoms with van der Waals surface area (Å²) in [5, 5.41) is 18.3. The minimum absolute atomic E-state index is 0.00915. The Morgan fingerprint density at radius 2 is 1.60 bits per heavy atom. The highest BCUT2D eigenvalue weighted by atomic mass is 16.5. The number of carboxylic acid groups (broad SMARTS) is 1. The molecule has 4 aromatic rings. The van der Waals surface area contributed by atoms with Gasteiger partial charge >= 0.3 is 17.8 Å². The fraction of sp³-hybridized carbons (Fsp3) is 0.207. The van der Waals surface area contributed by atoms with Crippen molar-refractivity contribution in [2.45, 2.75) is 39.2 Å². The van der Waals surface area contributed by atoms with Crippen LogP contribution in [0.15, 0.2) is 90.0 Å². The summed E-state index contributed by atoms with van der Waals surface area (Å²) in [5.41, 5.74) is 2.85. The van der Waals surface area contributed by atoms with E-state index in [-0.39, 0.29) is 13.2 Å². The number of rotatable bonds is 12. The fourth-order valence-electron chi connectivity index (χ4n) is 3.82. The Labute approximate surface area is 230 Å². The van der Waals surface area contributed by atoms with Crippen LogP contribution in [0.4, 0.5) is 16.4 Å². The van der Waals surface area contributed by atoms with E-state index in [1.165, 1.54) is 6.20 Å². The van der Waals surface area contributed by atoms with Gasteiger partial charge < -0.3 is 25.8 Å². The van der Waals surface area contributed by atoms with Gasteiger partial charge in [0.1, 0.15) is 24.3 Å². The Morgan fingerprint density at radius 1 is 0.925 bits per heavy atom. The second kappa shape index (κ2) is 13.6. The molecule has 0 bridgehead atoms. The van der Waals surface area contributed by atoms with E-state index in [0.29, 0.717) is 24.5 Å². The van der Waals surface area contributed by atoms with Crippen molar-refractivity contribution < 1.29 is 19.4 Å². The minimum atomic E-state index is -1.38. The maximum absolute atomic E-state index is 12.7. The maximum atomic E-state index is 12.7. The van der Waals surface area contributed by atoms with Crippen molar-refractivity contribution >= 4 is 23.7 Å². The van der Waals surface area contributed by atoms with Crippen molar-refractivity contribution in [1.29, 1.82) is 0 Å². The Balaban J connectivity index is 1.31. The predicted molar refractivity (Wildman–Crippen MR) is 150 cm³/mol. The van der Waals surface area contributed by atoms with E-state index in [1.54, 1.807) is 37.4 Å². The summed E-state index contributed by atoms with van der Waals surface area (Å²) < 4.78 is 6.25. The molecule has 1 atom stereocenters. The number of hydrogen-bond donors (Lipinski definition) is 4. The zero-order valence-corrected chi connectivity index (χ0v) is 21.9. The normalized spacial score (nSPS) is 11.3. The zero-order chi connectivity index (χ0) is 28.3. The van der Waals surface area contributed by atoms with Crippen LogP contribution in [0.25, 0.3) is 0 Å². The molecule has 2 heterocycles. The summed E-state index contributed by atoms with van der Waals surface area (Å²) in [7, 11) is 0. The monoisotopic (exact) mass is 542 g/mol. The van der Waals surface area contributed by atoms with Gasteiger partial charge in [-0.3, -0.25) is 4.57 Å². The molecule has 0 saturated heterocycles. The quantitative estimate of drug-likeness (QED) is 0.211. The number of aromatic nitrogens is 3. The number of ether oxygens (including phenoxy) is 1. The summed E-state index contributed by atoms with van der Waals surface area (Å²) in [6.07, 6.45) is 2.35. The average Bonchev–Trinajstić information content (AvgIpc) is 2.97. The molecule has 0 radical (unpaired) electrons. The Bertz CT molecular complexity index is 1480. The fourth-order valence-corrected chi connectivity index (χ4v) is 3.82. The molecule has 40 heavy (non-hydrogen) atoms. The van der Waals surface area contributed by atoms with Crippen LogP contribution in [-0.4, -0.2) is 37.7 Å². The third-order valence-electron chi connectivity index (χ3n) is 5.98. The number of pyridine rings is 1. The number of alkyl carbamates (subject to hydrolysis) is 1. The molecule has 0 aliphatic heterocycles. The molecule has 2 aromatic heterocycles. The largest absolute Gasteiger partial charge is 0.480 e. The van der Waals surface area contributed by atoms with Gasteiger partial charge in [0.05, 0.1) is 6.54 Å². The first-order valence-corrected chi connectivity index (χ1v) is 12.6. The van der Waals surface area contributed by atoms with Crippen LogP contribution in [0.1, 0.15) is 22.3 Å². The van der Waals surface area contributed by atoms with Gasteiger partial charge in [-0.15, -0.1) is 0 Å². The van der Waals surface area contributed by atoms with E-state index in [9.17, 15) is 19.5 Å². The molecule has 206 valence electrons. The summed E-state index contributed by atoms with van der Waals surface area (Å²) >= 11 is 0. The third kappa shape index (κ3) is 8.15. The van der Waals surface area contributed by atoms with Crippen molar-refractivity contribution in [2.24, 2.45) is 0 Å². The summed E-state index contributed by atoms with van der Waals surface area (Å²) in [5.74, 6) is -0.107. The van der Waals surface area contributed by atoms with Crippen LogP contribution in [-0.2, 0) is 35.8 Å². The molecule has 0 spiro atoms. The van der Waals surface area contributed by atoms with Crippen LogP contribution < -0.4 is 21.6 Å². The van der Waals surface area contributed by atoms with Gasteiger partial charge in [0, 0.05) is 31.0 Å². The van der Waals surface area contributed by atoms with Crippen LogP contribution >= 0.6 is 0 Å². The number of carboxylic acids is 1. The highest BCUT2D eigenvalue weighted by Gasteiger charge is 2.22. The lowest BCUT2D eigenvalue weighted by atomic mass is 10.1. The van der Waals surface area contributed by atoms with E-state index in [4.69, 9.17) is 4.74 Å². The molecule has 11 heteroatoms. The molecule has 0 fully saturated rings. The number of aryl methyl sites for hydroxylation is 1. The third-order valence-corrected chi connectivity index (χ3v) is 5.98. The molecular formula is C29H30N6O5. The molecule has 0 aliphatic carbocycles. The first kappa shape index (κ1) is 27.8. The molecule has 2 aromatic carbocycles. The van der Waals surface area contributed by atoms with Gasteiger partial charge in [-0.25, -0.2) is 19.4 Å². The summed E-state index contributed by atoms with van der Waals surface area (Å²) in [6, 6.07) is 21.3. The highest BCUT2D eigenvalue weighted by molar-refractivity contribution is 5.79. The Morgan fingerprint density at radius 3 is 2.25 bits per heavy atom. The molecule has 4 N–H and O–H groups in total. The lowest BCUT2D eigenvalue weighted by Gasteiger charge is -2.17. The maximum Gasteiger partial charge on any atom is 0.408 e. The number of anilines is 2. The average molecular weight is 543 g/mol. The summed E-state index contributed by atoms with van der Waals surface area (Å²) in [6.45, 7) is 2.52. The molecule has 11 nitrogen and oxygen atoms in total. The second-order valence-corrected chi connectivity index (χ2v) is 9.04. The van der Waals surface area contributed by atoms with Crippen molar-refractivity contribution in [1.82, 2.24) is 19.9 Å². The minimum Gasteiger partial charge on any atom is -0.480 e. The van der Waals surface area contributed by atoms with Gasteiger partial charge in [-0.1, -0.05) is 60.7 Å². The van der Waals surface area contributed by atoms with Crippen LogP contribution in [0, 0.1) is 6.92 Å². The van der Waals surface area contributed by atoms with E-state index in [0.717, 1.165) is 27.1 Å². The Hall–Kier alpha value is -5.19. The predicted octanol–water partition coefficient (Wildman–Crippen LogP) is 3.55. The SMILES string of the molecule is Cc1cn(C[C@H](NC(=O)OCc2ccccc2)C(=O)O)c(=O)nc1NCc1ccc(CNc2ccccn2)cc1. The number of carbonyl (C=O) groups excluding carboxylic acids is 1. The lowest BCUT2D eigenvalue weighted by molar-refractivity contribution is -0.139. The van der Waals surface area contributed by atoms with Gasteiger partial charge in [-0.05, 0) is 35.7 Å². The highest BCUT2D eigenvalue weighted by Crippen LogP contribution is 2.12. The van der Waals surface area contributed by atoms with Gasteiger partial charge in [0.25, 0.3) is 0 Å². The molecule has 0 unspecified atom stereocenters. The van der Waals surface area contributed by atoms with E-state index >= 15 is 0 Å². The molecule has 1 amide bonds. The van der Waals surface area contributed by atoms with Crippen LogP contribution in [0.5, 0.6) is 0 Å². The molecule has 0 aliphatic rings. The van der Waals surface area contributed by atoms with Crippen molar-refractivity contribution in [3.8, 4) is 0 Å². The van der Waals surface area contributed by atoms with E-state index in [2.05, 4.69) is 25.9 Å². The van der Waals surface area contributed by atoms with Crippen molar-refractivity contribution in [3.63, 3.8) is 0 Å². The number of aliphatic carboxylic acids is 1. The topological polar surface area (TPSA) is 147 Å². The zero-order valence-electron chi connectivity index (χ0n) is 21.9.